The Balaban J connectivity index is 3.65. The molecule has 0 unspecified atom stereocenters. The van der Waals surface area contributed by atoms with E-state index in [9.17, 15) is 0 Å². The van der Waals surface area contributed by atoms with Crippen LogP contribution in [-0.2, 0) is 18.9 Å². The summed E-state index contributed by atoms with van der Waals surface area (Å²) in [4.78, 5) is 0. The summed E-state index contributed by atoms with van der Waals surface area (Å²) >= 11 is 0. The fourth-order valence-corrected chi connectivity index (χ4v) is 1.91. The van der Waals surface area contributed by atoms with Gasteiger partial charge in [-0.25, -0.2) is 0 Å². The van der Waals surface area contributed by atoms with Gasteiger partial charge < -0.3 is 18.9 Å². The van der Waals surface area contributed by atoms with Crippen molar-refractivity contribution < 1.29 is 18.9 Å². The van der Waals surface area contributed by atoms with Crippen molar-refractivity contribution in [1.29, 1.82) is 0 Å². The van der Waals surface area contributed by atoms with Gasteiger partial charge in [-0.15, -0.1) is 0 Å². The highest BCUT2D eigenvalue weighted by molar-refractivity contribution is 4.94. The Morgan fingerprint density at radius 2 is 1.50 bits per heavy atom. The van der Waals surface area contributed by atoms with Gasteiger partial charge in [0.15, 0.2) is 12.6 Å². The smallest absolute Gasteiger partial charge is 0.320 e. The molecule has 0 fully saturated rings. The fourth-order valence-electron chi connectivity index (χ4n) is 1.91. The number of ether oxygens (including phenoxy) is 4. The molecule has 0 aliphatic carbocycles. The molecule has 0 aromatic rings. The molecule has 0 aromatic heterocycles. The molecule has 0 aliphatic heterocycles. The molecule has 0 aliphatic rings. The fraction of sp³-hybridized carbons (Fsp3) is 0.875. The van der Waals surface area contributed by atoms with Crippen LogP contribution in [0.15, 0.2) is 11.7 Å². The molecule has 120 valence electrons. The maximum atomic E-state index is 5.45. The van der Waals surface area contributed by atoms with Crippen LogP contribution < -0.4 is 0 Å². The predicted octanol–water partition coefficient (Wildman–Crippen LogP) is 4.60. The zero-order chi connectivity index (χ0) is 15.1. The Morgan fingerprint density at radius 3 is 2.10 bits per heavy atom. The normalized spacial score (nSPS) is 12.0. The summed E-state index contributed by atoms with van der Waals surface area (Å²) in [6, 6.07) is 0. The van der Waals surface area contributed by atoms with Crippen molar-refractivity contribution in [3.05, 3.63) is 11.7 Å². The first-order valence-electron chi connectivity index (χ1n) is 7.81. The van der Waals surface area contributed by atoms with Gasteiger partial charge in [0.1, 0.15) is 0 Å². The number of hydrogen-bond acceptors (Lipinski definition) is 4. The summed E-state index contributed by atoms with van der Waals surface area (Å²) < 4.78 is 21.3. The highest BCUT2D eigenvalue weighted by Gasteiger charge is 2.08. The molecule has 4 heteroatoms. The van der Waals surface area contributed by atoms with E-state index in [4.69, 9.17) is 18.9 Å². The molecule has 0 N–H and O–H groups in total. The van der Waals surface area contributed by atoms with Crippen LogP contribution in [0, 0.1) is 0 Å². The van der Waals surface area contributed by atoms with Crippen LogP contribution in [0.25, 0.3) is 0 Å². The molecule has 0 spiro atoms. The monoisotopic (exact) mass is 288 g/mol. The summed E-state index contributed by atoms with van der Waals surface area (Å²) in [7, 11) is 3.21. The molecule has 0 aromatic carbocycles. The van der Waals surface area contributed by atoms with E-state index in [-0.39, 0.29) is 6.79 Å². The summed E-state index contributed by atoms with van der Waals surface area (Å²) in [5, 5.41) is 0. The van der Waals surface area contributed by atoms with Crippen molar-refractivity contribution in [2.24, 2.45) is 0 Å². The van der Waals surface area contributed by atoms with Crippen molar-refractivity contribution in [3.63, 3.8) is 0 Å². The zero-order valence-electron chi connectivity index (χ0n) is 13.7. The summed E-state index contributed by atoms with van der Waals surface area (Å²) in [6.45, 7) is 5.27. The quantitative estimate of drug-likeness (QED) is 0.266. The van der Waals surface area contributed by atoms with Gasteiger partial charge in [-0.05, 0) is 12.8 Å². The number of allylic oxidation sites excluding steroid dienone is 1. The van der Waals surface area contributed by atoms with Crippen molar-refractivity contribution in [3.8, 4) is 0 Å². The first-order valence-corrected chi connectivity index (χ1v) is 7.81. The Morgan fingerprint density at radius 1 is 0.800 bits per heavy atom. The number of rotatable bonds is 14. The molecule has 20 heavy (non-hydrogen) atoms. The molecular weight excluding hydrogens is 256 g/mol. The first kappa shape index (κ1) is 19.1. The van der Waals surface area contributed by atoms with Gasteiger partial charge >= 0.3 is 5.95 Å². The van der Waals surface area contributed by atoms with Gasteiger partial charge in [0, 0.05) is 6.42 Å². The maximum absolute atomic E-state index is 5.45. The van der Waals surface area contributed by atoms with Gasteiger partial charge in [-0.3, -0.25) is 0 Å². The lowest BCUT2D eigenvalue weighted by atomic mass is 10.1. The van der Waals surface area contributed by atoms with Gasteiger partial charge in [-0.1, -0.05) is 46.0 Å². The largest absolute Gasteiger partial charge is 0.494 e. The van der Waals surface area contributed by atoms with E-state index < -0.39 is 0 Å². The van der Waals surface area contributed by atoms with E-state index in [1.807, 2.05) is 0 Å². The molecule has 0 heterocycles. The van der Waals surface area contributed by atoms with Gasteiger partial charge in [-0.2, -0.15) is 0 Å². The van der Waals surface area contributed by atoms with Crippen molar-refractivity contribution >= 4 is 0 Å². The van der Waals surface area contributed by atoms with Gasteiger partial charge in [0.05, 0.1) is 20.8 Å². The molecule has 0 amide bonds. The molecule has 0 rings (SSSR count). The lowest BCUT2D eigenvalue weighted by Gasteiger charge is -2.13. The van der Waals surface area contributed by atoms with Crippen LogP contribution in [0.2, 0.25) is 0 Å². The van der Waals surface area contributed by atoms with E-state index in [0.29, 0.717) is 5.95 Å². The second-order valence-electron chi connectivity index (χ2n) is 4.81. The molecule has 0 saturated heterocycles. The Kier molecular flexibility index (Phi) is 13.9. The summed E-state index contributed by atoms with van der Waals surface area (Å²) in [5.74, 6) is 1.16. The molecule has 0 radical (unpaired) electrons. The molecule has 0 saturated carbocycles. The summed E-state index contributed by atoms with van der Waals surface area (Å²) in [5.41, 5.74) is 0. The Labute approximate surface area is 124 Å². The van der Waals surface area contributed by atoms with Crippen LogP contribution in [-0.4, -0.2) is 27.6 Å². The lowest BCUT2D eigenvalue weighted by molar-refractivity contribution is -0.0746. The predicted molar refractivity (Wildman–Crippen MR) is 81.2 cm³/mol. The minimum atomic E-state index is 0.217. The van der Waals surface area contributed by atoms with Crippen molar-refractivity contribution in [1.82, 2.24) is 0 Å². The van der Waals surface area contributed by atoms with Crippen molar-refractivity contribution in [2.75, 3.05) is 27.6 Å². The third-order valence-corrected chi connectivity index (χ3v) is 3.05. The van der Waals surface area contributed by atoms with Gasteiger partial charge in [0.25, 0.3) is 0 Å². The minimum Gasteiger partial charge on any atom is -0.494 e. The topological polar surface area (TPSA) is 36.9 Å². The van der Waals surface area contributed by atoms with E-state index in [0.717, 1.165) is 31.6 Å². The highest BCUT2D eigenvalue weighted by Crippen LogP contribution is 2.14. The Hall–Kier alpha value is -0.900. The van der Waals surface area contributed by atoms with E-state index in [1.54, 1.807) is 14.2 Å². The molecular formula is C16H32O4. The maximum Gasteiger partial charge on any atom is 0.320 e. The Bertz CT molecular complexity index is 239. The number of unbranched alkanes of at least 4 members (excludes halogenated alkanes) is 5. The zero-order valence-corrected chi connectivity index (χ0v) is 13.7. The molecule has 0 bridgehead atoms. The van der Waals surface area contributed by atoms with Crippen LogP contribution in [0.5, 0.6) is 0 Å². The number of hydrogen-bond donors (Lipinski definition) is 0. The van der Waals surface area contributed by atoms with Crippen molar-refractivity contribution in [2.45, 2.75) is 65.2 Å². The van der Waals surface area contributed by atoms with Crippen LogP contribution in [0.4, 0.5) is 0 Å². The lowest BCUT2D eigenvalue weighted by Crippen LogP contribution is -2.06. The minimum absolute atomic E-state index is 0.217. The molecule has 0 atom stereocenters. The second kappa shape index (κ2) is 14.5. The van der Waals surface area contributed by atoms with E-state index in [1.165, 1.54) is 32.1 Å². The van der Waals surface area contributed by atoms with E-state index in [2.05, 4.69) is 13.8 Å². The van der Waals surface area contributed by atoms with Crippen LogP contribution >= 0.6 is 0 Å². The average molecular weight is 288 g/mol. The third kappa shape index (κ3) is 9.96. The third-order valence-electron chi connectivity index (χ3n) is 3.05. The SMILES string of the molecule is CCCCCCCCOCO/C(OC)=C(/CCC)OC. The molecule has 4 nitrogen and oxygen atoms in total. The average Bonchev–Trinajstić information content (AvgIpc) is 2.47. The second-order valence-corrected chi connectivity index (χ2v) is 4.81. The van der Waals surface area contributed by atoms with Gasteiger partial charge in [0.2, 0.25) is 0 Å². The van der Waals surface area contributed by atoms with Crippen LogP contribution in [0.1, 0.15) is 65.2 Å². The summed E-state index contributed by atoms with van der Waals surface area (Å²) in [6.07, 6.45) is 9.36. The number of methoxy groups -OCH3 is 2. The highest BCUT2D eigenvalue weighted by atomic mass is 16.7. The first-order chi connectivity index (χ1) is 9.79. The standard InChI is InChI=1S/C16H32O4/c1-5-7-8-9-10-11-13-19-14-20-16(18-4)15(17-3)12-6-2/h5-14H2,1-4H3/b16-15-. The van der Waals surface area contributed by atoms with Crippen LogP contribution in [0.3, 0.4) is 0 Å². The van der Waals surface area contributed by atoms with E-state index >= 15 is 0 Å².